The van der Waals surface area contributed by atoms with Gasteiger partial charge in [-0.2, -0.15) is 0 Å². The fraction of sp³-hybridized carbons (Fsp3) is 0.500. The molecule has 0 amide bonds. The van der Waals surface area contributed by atoms with Crippen molar-refractivity contribution in [3.63, 3.8) is 0 Å². The first kappa shape index (κ1) is 14.1. The number of hydrogen-bond acceptors (Lipinski definition) is 2. The summed E-state index contributed by atoms with van der Waals surface area (Å²) < 4.78 is 26.9. The first-order valence-electron chi connectivity index (χ1n) is 5.90. The number of benzene rings is 1. The van der Waals surface area contributed by atoms with Crippen LogP contribution in [0.3, 0.4) is 0 Å². The molecule has 0 unspecified atom stereocenters. The molecule has 0 aromatic heterocycles. The Morgan fingerprint density at radius 3 is 2.35 bits per heavy atom. The lowest BCUT2D eigenvalue weighted by atomic mass is 9.79. The van der Waals surface area contributed by atoms with Gasteiger partial charge in [-0.1, -0.05) is 38.3 Å². The van der Waals surface area contributed by atoms with Crippen molar-refractivity contribution in [2.45, 2.75) is 39.0 Å². The minimum Gasteiger partial charge on any atom is -0.423 e. The van der Waals surface area contributed by atoms with E-state index in [0.717, 1.165) is 25.7 Å². The fourth-order valence-corrected chi connectivity index (χ4v) is 1.74. The average Bonchev–Trinajstić information content (AvgIpc) is 2.29. The van der Waals surface area contributed by atoms with E-state index in [0.29, 0.717) is 12.0 Å². The van der Waals surface area contributed by atoms with Gasteiger partial charge < -0.3 is 10.0 Å². The Balaban J connectivity index is 2.72. The predicted octanol–water partition coefficient (Wildman–Crippen LogP) is 1.77. The number of aryl methyl sites for hydroxylation is 1. The molecule has 1 rings (SSSR count). The van der Waals surface area contributed by atoms with E-state index in [1.165, 1.54) is 12.1 Å². The summed E-state index contributed by atoms with van der Waals surface area (Å²) in [4.78, 5) is 0. The number of rotatable bonds is 6. The second-order valence-electron chi connectivity index (χ2n) is 4.13. The largest absolute Gasteiger partial charge is 0.491 e. The van der Waals surface area contributed by atoms with Gasteiger partial charge in [0.2, 0.25) is 0 Å². The first-order valence-corrected chi connectivity index (χ1v) is 5.90. The lowest BCUT2D eigenvalue weighted by molar-refractivity contribution is 0.419. The maximum absolute atomic E-state index is 13.5. The van der Waals surface area contributed by atoms with Crippen LogP contribution in [0.15, 0.2) is 12.1 Å². The SMILES string of the molecule is CCCCCCc1ccc(B(O)O)c(F)c1F. The Morgan fingerprint density at radius 2 is 1.76 bits per heavy atom. The Kier molecular flexibility index (Phi) is 5.58. The minimum absolute atomic E-state index is 0.294. The zero-order valence-corrected chi connectivity index (χ0v) is 9.92. The van der Waals surface area contributed by atoms with Crippen LogP contribution >= 0.6 is 0 Å². The Hall–Kier alpha value is -0.935. The Bertz CT molecular complexity index is 370. The molecule has 94 valence electrons. The second kappa shape index (κ2) is 6.72. The minimum atomic E-state index is -1.97. The Morgan fingerprint density at radius 1 is 1.06 bits per heavy atom. The molecule has 0 fully saturated rings. The van der Waals surface area contributed by atoms with Crippen molar-refractivity contribution in [2.75, 3.05) is 0 Å². The third kappa shape index (κ3) is 3.79. The van der Waals surface area contributed by atoms with Gasteiger partial charge in [0.25, 0.3) is 0 Å². The fourth-order valence-electron chi connectivity index (χ4n) is 1.74. The van der Waals surface area contributed by atoms with E-state index < -0.39 is 24.2 Å². The zero-order valence-electron chi connectivity index (χ0n) is 9.92. The van der Waals surface area contributed by atoms with Gasteiger partial charge in [-0.25, -0.2) is 8.78 Å². The second-order valence-corrected chi connectivity index (χ2v) is 4.13. The highest BCUT2D eigenvalue weighted by molar-refractivity contribution is 6.58. The third-order valence-corrected chi connectivity index (χ3v) is 2.77. The van der Waals surface area contributed by atoms with Gasteiger partial charge in [-0.05, 0) is 18.4 Å². The topological polar surface area (TPSA) is 40.5 Å². The van der Waals surface area contributed by atoms with E-state index in [9.17, 15) is 8.78 Å². The van der Waals surface area contributed by atoms with Gasteiger partial charge in [0.05, 0.1) is 0 Å². The van der Waals surface area contributed by atoms with Crippen LogP contribution in [0.2, 0.25) is 0 Å². The molecule has 2 nitrogen and oxygen atoms in total. The summed E-state index contributed by atoms with van der Waals surface area (Å²) in [5, 5.41) is 17.6. The molecular weight excluding hydrogens is 225 g/mol. The molecule has 0 radical (unpaired) electrons. The molecule has 5 heteroatoms. The quantitative estimate of drug-likeness (QED) is 0.589. The average molecular weight is 242 g/mol. The molecule has 0 aliphatic rings. The van der Waals surface area contributed by atoms with Crippen molar-refractivity contribution in [3.8, 4) is 0 Å². The van der Waals surface area contributed by atoms with Gasteiger partial charge in [0.15, 0.2) is 11.6 Å². The Labute approximate surface area is 100 Å². The molecule has 1 aromatic rings. The van der Waals surface area contributed by atoms with E-state index in [2.05, 4.69) is 6.92 Å². The lowest BCUT2D eigenvalue weighted by Crippen LogP contribution is -2.33. The van der Waals surface area contributed by atoms with Crippen LogP contribution in [0.1, 0.15) is 38.2 Å². The molecule has 0 saturated heterocycles. The molecule has 0 heterocycles. The first-order chi connectivity index (χ1) is 8.07. The highest BCUT2D eigenvalue weighted by Gasteiger charge is 2.21. The van der Waals surface area contributed by atoms with Crippen molar-refractivity contribution in [2.24, 2.45) is 0 Å². The smallest absolute Gasteiger partial charge is 0.423 e. The van der Waals surface area contributed by atoms with Crippen LogP contribution in [0.25, 0.3) is 0 Å². The number of unbranched alkanes of at least 4 members (excludes halogenated alkanes) is 3. The molecular formula is C12H17BF2O2. The number of hydrogen-bond donors (Lipinski definition) is 2. The third-order valence-electron chi connectivity index (χ3n) is 2.77. The van der Waals surface area contributed by atoms with Crippen molar-refractivity contribution in [1.29, 1.82) is 0 Å². The lowest BCUT2D eigenvalue weighted by Gasteiger charge is -2.07. The molecule has 0 saturated carbocycles. The molecule has 0 spiro atoms. The summed E-state index contributed by atoms with van der Waals surface area (Å²) in [6.45, 7) is 2.08. The van der Waals surface area contributed by atoms with Gasteiger partial charge in [0, 0.05) is 5.46 Å². The maximum Gasteiger partial charge on any atom is 0.491 e. The van der Waals surface area contributed by atoms with Gasteiger partial charge in [-0.15, -0.1) is 0 Å². The highest BCUT2D eigenvalue weighted by atomic mass is 19.2. The van der Waals surface area contributed by atoms with Gasteiger partial charge >= 0.3 is 7.12 Å². The van der Waals surface area contributed by atoms with E-state index >= 15 is 0 Å². The van der Waals surface area contributed by atoms with Crippen LogP contribution < -0.4 is 5.46 Å². The molecule has 0 atom stereocenters. The summed E-state index contributed by atoms with van der Waals surface area (Å²) >= 11 is 0. The van der Waals surface area contributed by atoms with Crippen LogP contribution in [0.4, 0.5) is 8.78 Å². The van der Waals surface area contributed by atoms with E-state index in [1.807, 2.05) is 0 Å². The van der Waals surface area contributed by atoms with Crippen LogP contribution in [-0.4, -0.2) is 17.2 Å². The monoisotopic (exact) mass is 242 g/mol. The summed E-state index contributed by atoms with van der Waals surface area (Å²) in [5.41, 5.74) is -0.122. The molecule has 1 aromatic carbocycles. The standard InChI is InChI=1S/C12H17BF2O2/c1-2-3-4-5-6-9-7-8-10(13(16)17)12(15)11(9)14/h7-8,16-17H,2-6H2,1H3. The predicted molar refractivity (Wildman–Crippen MR) is 64.0 cm³/mol. The molecule has 0 bridgehead atoms. The number of halogens is 2. The van der Waals surface area contributed by atoms with E-state index in [-0.39, 0.29) is 0 Å². The van der Waals surface area contributed by atoms with Crippen LogP contribution in [-0.2, 0) is 6.42 Å². The normalized spacial score (nSPS) is 10.6. The van der Waals surface area contributed by atoms with Crippen LogP contribution in [0, 0.1) is 11.6 Å². The van der Waals surface area contributed by atoms with E-state index in [4.69, 9.17) is 10.0 Å². The van der Waals surface area contributed by atoms with Crippen molar-refractivity contribution < 1.29 is 18.8 Å². The zero-order chi connectivity index (χ0) is 12.8. The van der Waals surface area contributed by atoms with Crippen molar-refractivity contribution in [1.82, 2.24) is 0 Å². The summed E-state index contributed by atoms with van der Waals surface area (Å²) in [6.07, 6.45) is 4.45. The van der Waals surface area contributed by atoms with Gasteiger partial charge in [-0.3, -0.25) is 0 Å². The van der Waals surface area contributed by atoms with Crippen LogP contribution in [0.5, 0.6) is 0 Å². The van der Waals surface area contributed by atoms with E-state index in [1.54, 1.807) is 0 Å². The molecule has 2 N–H and O–H groups in total. The molecule has 0 aliphatic heterocycles. The van der Waals surface area contributed by atoms with Crippen molar-refractivity contribution in [3.05, 3.63) is 29.3 Å². The summed E-state index contributed by atoms with van der Waals surface area (Å²) in [7, 11) is -1.97. The van der Waals surface area contributed by atoms with Gasteiger partial charge in [0.1, 0.15) is 0 Å². The summed E-state index contributed by atoms with van der Waals surface area (Å²) in [6, 6.07) is 2.64. The molecule has 17 heavy (non-hydrogen) atoms. The highest BCUT2D eigenvalue weighted by Crippen LogP contribution is 2.14. The van der Waals surface area contributed by atoms with Crippen molar-refractivity contribution >= 4 is 12.6 Å². The maximum atomic E-state index is 13.5. The molecule has 0 aliphatic carbocycles. The summed E-state index contributed by atoms with van der Waals surface area (Å²) in [5.74, 6) is -2.12.